The van der Waals surface area contributed by atoms with Crippen molar-refractivity contribution in [1.29, 1.82) is 0 Å². The molecule has 21 heavy (non-hydrogen) atoms. The maximum atomic E-state index is 10.4. The molecule has 112 valence electrons. The van der Waals surface area contributed by atoms with Crippen LogP contribution in [0.5, 0.6) is 0 Å². The van der Waals surface area contributed by atoms with Crippen LogP contribution in [0.3, 0.4) is 0 Å². The third-order valence-corrected chi connectivity index (χ3v) is 3.97. The summed E-state index contributed by atoms with van der Waals surface area (Å²) in [5.74, 6) is 0. The zero-order valence-electron chi connectivity index (χ0n) is 12.0. The molecule has 5 nitrogen and oxygen atoms in total. The molecule has 2 heterocycles. The van der Waals surface area contributed by atoms with Crippen molar-refractivity contribution in [2.75, 3.05) is 19.8 Å². The molecule has 1 aromatic heterocycles. The van der Waals surface area contributed by atoms with Gasteiger partial charge in [0.05, 0.1) is 17.5 Å². The van der Waals surface area contributed by atoms with Crippen molar-refractivity contribution in [1.82, 2.24) is 15.5 Å². The van der Waals surface area contributed by atoms with Gasteiger partial charge in [0, 0.05) is 44.7 Å². The number of benzene rings is 1. The van der Waals surface area contributed by atoms with Gasteiger partial charge in [-0.2, -0.15) is 5.10 Å². The molecule has 1 aliphatic heterocycles. The number of aliphatic hydroxyl groups is 1. The van der Waals surface area contributed by atoms with Crippen LogP contribution in [-0.2, 0) is 11.3 Å². The number of hydrogen-bond donors (Lipinski definition) is 3. The Balaban J connectivity index is 1.60. The third-order valence-electron chi connectivity index (χ3n) is 3.97. The van der Waals surface area contributed by atoms with E-state index in [1.807, 2.05) is 24.4 Å². The summed E-state index contributed by atoms with van der Waals surface area (Å²) >= 11 is 0. The molecule has 1 saturated heterocycles. The Bertz CT molecular complexity index is 562. The van der Waals surface area contributed by atoms with Gasteiger partial charge in [0.2, 0.25) is 0 Å². The summed E-state index contributed by atoms with van der Waals surface area (Å²) in [5.41, 5.74) is 2.62. The van der Waals surface area contributed by atoms with E-state index in [1.165, 1.54) is 0 Å². The zero-order chi connectivity index (χ0) is 14.5. The molecule has 0 saturated carbocycles. The Labute approximate surface area is 124 Å². The lowest BCUT2D eigenvalue weighted by Crippen LogP contribution is -2.44. The van der Waals surface area contributed by atoms with E-state index >= 15 is 0 Å². The molecule has 2 aromatic rings. The number of aromatic nitrogens is 2. The number of ether oxygens (including phenoxy) is 1. The van der Waals surface area contributed by atoms with Gasteiger partial charge in [-0.15, -0.1) is 0 Å². The molecule has 5 heteroatoms. The Hall–Kier alpha value is -1.69. The molecule has 1 fully saturated rings. The minimum Gasteiger partial charge on any atom is -0.388 e. The first-order chi connectivity index (χ1) is 10.3. The molecule has 1 aliphatic rings. The van der Waals surface area contributed by atoms with Crippen LogP contribution in [0.25, 0.3) is 11.3 Å². The summed E-state index contributed by atoms with van der Waals surface area (Å²) in [7, 11) is 0. The predicted molar refractivity (Wildman–Crippen MR) is 80.7 cm³/mol. The SMILES string of the molecule is OC1(CNCc2cn[nH]c2-c2ccccc2)CCOCC1. The third kappa shape index (κ3) is 3.50. The van der Waals surface area contributed by atoms with Crippen molar-refractivity contribution < 1.29 is 9.84 Å². The fourth-order valence-corrected chi connectivity index (χ4v) is 2.66. The van der Waals surface area contributed by atoms with E-state index in [1.54, 1.807) is 0 Å². The van der Waals surface area contributed by atoms with Crippen LogP contribution in [-0.4, -0.2) is 40.7 Å². The summed E-state index contributed by atoms with van der Waals surface area (Å²) < 4.78 is 5.29. The van der Waals surface area contributed by atoms with E-state index in [0.717, 1.165) is 16.8 Å². The highest BCUT2D eigenvalue weighted by atomic mass is 16.5. The van der Waals surface area contributed by atoms with Crippen LogP contribution in [0.4, 0.5) is 0 Å². The normalized spacial score (nSPS) is 17.8. The standard InChI is InChI=1S/C16H21N3O2/c20-16(6-8-21-9-7-16)12-17-10-14-11-18-19-15(14)13-4-2-1-3-5-13/h1-5,11,17,20H,6-10,12H2,(H,18,19). The summed E-state index contributed by atoms with van der Waals surface area (Å²) in [4.78, 5) is 0. The second-order valence-electron chi connectivity index (χ2n) is 5.58. The number of nitrogens with zero attached hydrogens (tertiary/aromatic N) is 1. The van der Waals surface area contributed by atoms with Crippen LogP contribution in [0.1, 0.15) is 18.4 Å². The molecule has 0 radical (unpaired) electrons. The second kappa shape index (κ2) is 6.39. The van der Waals surface area contributed by atoms with Crippen molar-refractivity contribution in [2.24, 2.45) is 0 Å². The van der Waals surface area contributed by atoms with Crippen molar-refractivity contribution in [3.05, 3.63) is 42.1 Å². The highest BCUT2D eigenvalue weighted by Crippen LogP contribution is 2.22. The fraction of sp³-hybridized carbons (Fsp3) is 0.438. The molecular weight excluding hydrogens is 266 g/mol. The molecule has 3 rings (SSSR count). The van der Waals surface area contributed by atoms with Crippen molar-refractivity contribution in [3.63, 3.8) is 0 Å². The van der Waals surface area contributed by atoms with Crippen molar-refractivity contribution in [3.8, 4) is 11.3 Å². The Morgan fingerprint density at radius 3 is 2.76 bits per heavy atom. The van der Waals surface area contributed by atoms with E-state index in [4.69, 9.17) is 4.74 Å². The number of aromatic amines is 1. The monoisotopic (exact) mass is 287 g/mol. The van der Waals surface area contributed by atoms with E-state index in [9.17, 15) is 5.11 Å². The molecule has 0 unspecified atom stereocenters. The minimum atomic E-state index is -0.644. The molecule has 0 amide bonds. The first-order valence-corrected chi connectivity index (χ1v) is 7.35. The van der Waals surface area contributed by atoms with Crippen LogP contribution < -0.4 is 5.32 Å². The van der Waals surface area contributed by atoms with Crippen LogP contribution in [0.2, 0.25) is 0 Å². The average Bonchev–Trinajstić information content (AvgIpc) is 2.97. The van der Waals surface area contributed by atoms with Gasteiger partial charge in [-0.25, -0.2) is 0 Å². The highest BCUT2D eigenvalue weighted by molar-refractivity contribution is 5.62. The lowest BCUT2D eigenvalue weighted by atomic mass is 9.94. The summed E-state index contributed by atoms with van der Waals surface area (Å²) in [6.07, 6.45) is 3.22. The number of H-pyrrole nitrogens is 1. The second-order valence-corrected chi connectivity index (χ2v) is 5.58. The van der Waals surface area contributed by atoms with Crippen LogP contribution >= 0.6 is 0 Å². The molecule has 0 spiro atoms. The van der Waals surface area contributed by atoms with Gasteiger partial charge in [-0.3, -0.25) is 5.10 Å². The molecule has 1 aromatic carbocycles. The Morgan fingerprint density at radius 1 is 1.24 bits per heavy atom. The smallest absolute Gasteiger partial charge is 0.0815 e. The Morgan fingerprint density at radius 2 is 2.00 bits per heavy atom. The largest absolute Gasteiger partial charge is 0.388 e. The quantitative estimate of drug-likeness (QED) is 0.783. The fourth-order valence-electron chi connectivity index (χ4n) is 2.66. The van der Waals surface area contributed by atoms with Crippen molar-refractivity contribution >= 4 is 0 Å². The number of nitrogens with one attached hydrogen (secondary N) is 2. The van der Waals surface area contributed by atoms with Gasteiger partial charge in [0.1, 0.15) is 0 Å². The Kier molecular flexibility index (Phi) is 4.34. The zero-order valence-corrected chi connectivity index (χ0v) is 12.0. The lowest BCUT2D eigenvalue weighted by Gasteiger charge is -2.32. The summed E-state index contributed by atoms with van der Waals surface area (Å²) in [5, 5.41) is 20.9. The number of rotatable bonds is 5. The highest BCUT2D eigenvalue weighted by Gasteiger charge is 2.29. The maximum Gasteiger partial charge on any atom is 0.0815 e. The topological polar surface area (TPSA) is 70.2 Å². The predicted octanol–water partition coefficient (Wildman–Crippen LogP) is 1.71. The van der Waals surface area contributed by atoms with Gasteiger partial charge >= 0.3 is 0 Å². The minimum absolute atomic E-state index is 0.579. The van der Waals surface area contributed by atoms with Crippen molar-refractivity contribution in [2.45, 2.75) is 25.0 Å². The van der Waals surface area contributed by atoms with E-state index in [-0.39, 0.29) is 0 Å². The summed E-state index contributed by atoms with van der Waals surface area (Å²) in [6, 6.07) is 10.1. The van der Waals surface area contributed by atoms with E-state index in [2.05, 4.69) is 27.6 Å². The first kappa shape index (κ1) is 14.3. The molecule has 0 aliphatic carbocycles. The van der Waals surface area contributed by atoms with Crippen LogP contribution in [0.15, 0.2) is 36.5 Å². The summed E-state index contributed by atoms with van der Waals surface area (Å²) in [6.45, 7) is 2.54. The van der Waals surface area contributed by atoms with Gasteiger partial charge < -0.3 is 15.2 Å². The van der Waals surface area contributed by atoms with Crippen LogP contribution in [0, 0.1) is 0 Å². The van der Waals surface area contributed by atoms with E-state index < -0.39 is 5.60 Å². The van der Waals surface area contributed by atoms with Gasteiger partial charge in [0.15, 0.2) is 0 Å². The maximum absolute atomic E-state index is 10.4. The van der Waals surface area contributed by atoms with E-state index in [0.29, 0.717) is 39.1 Å². The molecular formula is C16H21N3O2. The molecule has 3 N–H and O–H groups in total. The lowest BCUT2D eigenvalue weighted by molar-refractivity contribution is -0.0616. The average molecular weight is 287 g/mol. The number of hydrogen-bond acceptors (Lipinski definition) is 4. The molecule has 0 bridgehead atoms. The van der Waals surface area contributed by atoms with Gasteiger partial charge in [-0.05, 0) is 5.56 Å². The van der Waals surface area contributed by atoms with Gasteiger partial charge in [0.25, 0.3) is 0 Å². The first-order valence-electron chi connectivity index (χ1n) is 7.35. The molecule has 0 atom stereocenters. The van der Waals surface area contributed by atoms with Gasteiger partial charge in [-0.1, -0.05) is 30.3 Å².